The van der Waals surface area contributed by atoms with E-state index < -0.39 is 22.2 Å². The highest BCUT2D eigenvalue weighted by atomic mass is 32.2. The van der Waals surface area contributed by atoms with Gasteiger partial charge in [0.15, 0.2) is 0 Å². The summed E-state index contributed by atoms with van der Waals surface area (Å²) in [6.07, 6.45) is 4.49. The van der Waals surface area contributed by atoms with Crippen LogP contribution in [0.25, 0.3) is 0 Å². The zero-order valence-electron chi connectivity index (χ0n) is 12.0. The fourth-order valence-electron chi connectivity index (χ4n) is 2.29. The molecule has 128 valence electrons. The number of piperidine rings is 3. The second-order valence-corrected chi connectivity index (χ2v) is 6.91. The van der Waals surface area contributed by atoms with Crippen LogP contribution >= 0.6 is 12.2 Å². The van der Waals surface area contributed by atoms with Crippen molar-refractivity contribution in [1.82, 2.24) is 4.90 Å². The summed E-state index contributed by atoms with van der Waals surface area (Å²) in [4.78, 5) is 5.95. The number of fused-ring (bicyclic) bond motifs is 3. The second-order valence-electron chi connectivity index (χ2n) is 5.12. The summed E-state index contributed by atoms with van der Waals surface area (Å²) >= 11 is 4.18. The molecule has 3 rings (SSSR count). The van der Waals surface area contributed by atoms with Crippen LogP contribution in [-0.2, 0) is 14.3 Å². The molecule has 3 saturated heterocycles. The largest absolute Gasteiger partial charge is 0.523 e. The Bertz CT molecular complexity index is 459. The highest BCUT2D eigenvalue weighted by Crippen LogP contribution is 2.26. The molecular weight excluding hydrogens is 341 g/mol. The Labute approximate surface area is 133 Å². The molecule has 0 spiro atoms. The van der Waals surface area contributed by atoms with E-state index in [4.69, 9.17) is 0 Å². The monoisotopic (exact) mass is 360 g/mol. The number of alkyl halides is 3. The van der Waals surface area contributed by atoms with Gasteiger partial charge in [0.05, 0.1) is 18.3 Å². The maximum atomic E-state index is 11.6. The van der Waals surface area contributed by atoms with Gasteiger partial charge in [0.1, 0.15) is 0 Å². The van der Waals surface area contributed by atoms with E-state index in [0.717, 1.165) is 5.92 Å². The highest BCUT2D eigenvalue weighted by molar-refractivity contribution is 7.87. The van der Waals surface area contributed by atoms with E-state index in [0.29, 0.717) is 0 Å². The number of rotatable bonds is 5. The Kier molecular flexibility index (Phi) is 7.92. The van der Waals surface area contributed by atoms with Crippen molar-refractivity contribution in [1.29, 1.82) is 0 Å². The molecular formula is C12H19F3N2O3S2. The van der Waals surface area contributed by atoms with Gasteiger partial charge in [0.2, 0.25) is 0 Å². The number of hydrogen-bond donors (Lipinski definition) is 0. The van der Waals surface area contributed by atoms with Crippen LogP contribution in [0.1, 0.15) is 25.7 Å². The lowest BCUT2D eigenvalue weighted by molar-refractivity contribution is -0.0542. The van der Waals surface area contributed by atoms with E-state index in [1.807, 2.05) is 5.16 Å². The summed E-state index contributed by atoms with van der Waals surface area (Å²) in [7, 11) is -5.47. The average molecular weight is 360 g/mol. The van der Waals surface area contributed by atoms with Crippen molar-refractivity contribution in [3.63, 3.8) is 0 Å². The maximum Gasteiger partial charge on any atom is 0.523 e. The van der Waals surface area contributed by atoms with Gasteiger partial charge in [0.25, 0.3) is 0 Å². The Morgan fingerprint density at radius 3 is 2.09 bits per heavy atom. The molecule has 0 aliphatic carbocycles. The maximum absolute atomic E-state index is 11.6. The second kappa shape index (κ2) is 8.93. The fraction of sp³-hybridized carbons (Fsp3) is 0.917. The fourth-order valence-corrected chi connectivity index (χ4v) is 2.85. The molecule has 5 nitrogen and oxygen atoms in total. The van der Waals surface area contributed by atoms with Crippen molar-refractivity contribution in [2.24, 2.45) is 10.9 Å². The molecule has 3 aliphatic heterocycles. The minimum Gasteiger partial charge on any atom is -0.303 e. The normalized spacial score (nSPS) is 24.1. The van der Waals surface area contributed by atoms with Gasteiger partial charge in [-0.25, -0.2) is 4.99 Å². The number of nitrogens with zero attached hydrogens (tertiary/aromatic N) is 2. The van der Waals surface area contributed by atoms with Crippen molar-refractivity contribution in [3.8, 4) is 0 Å². The number of aliphatic imine (C=N–C) groups is 1. The van der Waals surface area contributed by atoms with Crippen LogP contribution in [0, 0.1) is 5.92 Å². The number of halogens is 3. The van der Waals surface area contributed by atoms with Crippen LogP contribution in [0.4, 0.5) is 13.2 Å². The summed E-state index contributed by atoms with van der Waals surface area (Å²) in [5, 5.41) is 1.98. The topological polar surface area (TPSA) is 59.0 Å². The van der Waals surface area contributed by atoms with Gasteiger partial charge < -0.3 is 4.90 Å². The van der Waals surface area contributed by atoms with E-state index in [2.05, 4.69) is 26.3 Å². The average Bonchev–Trinajstić information content (AvgIpc) is 2.48. The Hall–Kier alpha value is -0.540. The number of thiocarbonyl (C=S) groups is 1. The summed E-state index contributed by atoms with van der Waals surface area (Å²) in [6.45, 7) is 3.68. The molecule has 10 heteroatoms. The SMILES string of the molecule is C1CN2CCC1CC2.O=S(=O)(OCCCN=C=S)C(F)(F)F. The molecule has 3 heterocycles. The molecule has 3 fully saturated rings. The molecule has 0 amide bonds. The van der Waals surface area contributed by atoms with E-state index >= 15 is 0 Å². The van der Waals surface area contributed by atoms with Crippen LogP contribution < -0.4 is 0 Å². The molecule has 0 radical (unpaired) electrons. The summed E-state index contributed by atoms with van der Waals surface area (Å²) in [5.74, 6) is 1.11. The first kappa shape index (κ1) is 19.5. The smallest absolute Gasteiger partial charge is 0.303 e. The quantitative estimate of drug-likeness (QED) is 0.248. The van der Waals surface area contributed by atoms with Gasteiger partial charge in [0, 0.05) is 0 Å². The predicted octanol–water partition coefficient (Wildman–Crippen LogP) is 2.45. The molecule has 22 heavy (non-hydrogen) atoms. The van der Waals surface area contributed by atoms with Gasteiger partial charge in [-0.3, -0.25) is 4.18 Å². The lowest BCUT2D eigenvalue weighted by Crippen LogP contribution is -2.41. The van der Waals surface area contributed by atoms with E-state index in [9.17, 15) is 21.6 Å². The molecule has 0 aromatic heterocycles. The third kappa shape index (κ3) is 6.70. The van der Waals surface area contributed by atoms with Crippen LogP contribution in [-0.4, -0.2) is 56.8 Å². The van der Waals surface area contributed by atoms with Gasteiger partial charge in [-0.1, -0.05) is 0 Å². The predicted molar refractivity (Wildman–Crippen MR) is 79.2 cm³/mol. The molecule has 0 N–H and O–H groups in total. The summed E-state index contributed by atoms with van der Waals surface area (Å²) in [6, 6.07) is 0. The summed E-state index contributed by atoms with van der Waals surface area (Å²) in [5.41, 5.74) is -5.37. The molecule has 0 unspecified atom stereocenters. The van der Waals surface area contributed by atoms with E-state index in [1.165, 1.54) is 38.9 Å². The number of isothiocyanates is 1. The van der Waals surface area contributed by atoms with Gasteiger partial charge in [-0.2, -0.15) is 21.6 Å². The van der Waals surface area contributed by atoms with Crippen LogP contribution in [0.5, 0.6) is 0 Å². The first-order valence-electron chi connectivity index (χ1n) is 6.98. The zero-order chi connectivity index (χ0) is 16.6. The van der Waals surface area contributed by atoms with E-state index in [1.54, 1.807) is 0 Å². The minimum atomic E-state index is -5.47. The van der Waals surface area contributed by atoms with Crippen molar-refractivity contribution in [3.05, 3.63) is 0 Å². The van der Waals surface area contributed by atoms with Crippen molar-refractivity contribution < 1.29 is 25.8 Å². The minimum absolute atomic E-state index is 0.0267. The van der Waals surface area contributed by atoms with Crippen molar-refractivity contribution >= 4 is 27.5 Å². The van der Waals surface area contributed by atoms with Crippen LogP contribution in [0.3, 0.4) is 0 Å². The van der Waals surface area contributed by atoms with Gasteiger partial charge in [-0.15, -0.1) is 0 Å². The lowest BCUT2D eigenvalue weighted by atomic mass is 9.89. The molecule has 2 bridgehead atoms. The Morgan fingerprint density at radius 1 is 1.23 bits per heavy atom. The van der Waals surface area contributed by atoms with Gasteiger partial charge in [-0.05, 0) is 63.5 Å². The first-order valence-corrected chi connectivity index (χ1v) is 8.79. The lowest BCUT2D eigenvalue weighted by Gasteiger charge is -2.38. The highest BCUT2D eigenvalue weighted by Gasteiger charge is 2.47. The summed E-state index contributed by atoms with van der Waals surface area (Å²) < 4.78 is 59.1. The molecule has 0 aromatic rings. The standard InChI is InChI=1S/C7H13N.C5H6F3NO3S2/c1-4-8-5-2-7(1)3-6-8;6-5(7,8)14(10,11)12-3-1-2-9-4-13/h7H,1-6H2;1-3H2. The number of hydrogen-bond acceptors (Lipinski definition) is 6. The third-order valence-corrected chi connectivity index (χ3v) is 4.73. The third-order valence-electron chi connectivity index (χ3n) is 3.56. The van der Waals surface area contributed by atoms with Crippen LogP contribution in [0.2, 0.25) is 0 Å². The van der Waals surface area contributed by atoms with E-state index in [-0.39, 0.29) is 13.0 Å². The van der Waals surface area contributed by atoms with Gasteiger partial charge >= 0.3 is 15.6 Å². The van der Waals surface area contributed by atoms with Crippen molar-refractivity contribution in [2.45, 2.75) is 31.2 Å². The molecule has 0 atom stereocenters. The molecule has 0 saturated carbocycles. The Balaban J connectivity index is 0.000000249. The zero-order valence-corrected chi connectivity index (χ0v) is 13.6. The van der Waals surface area contributed by atoms with Crippen LogP contribution in [0.15, 0.2) is 4.99 Å². The van der Waals surface area contributed by atoms with Crippen molar-refractivity contribution in [2.75, 3.05) is 32.8 Å². The molecule has 3 aliphatic rings. The first-order chi connectivity index (χ1) is 10.3. The Morgan fingerprint density at radius 2 is 1.77 bits per heavy atom. The molecule has 0 aromatic carbocycles.